The lowest BCUT2D eigenvalue weighted by molar-refractivity contribution is 0.728. The van der Waals surface area contributed by atoms with Crippen LogP contribution in [0.2, 0.25) is 0 Å². The number of rotatable bonds is 1. The number of anilines is 1. The van der Waals surface area contributed by atoms with Gasteiger partial charge in [-0.25, -0.2) is 0 Å². The summed E-state index contributed by atoms with van der Waals surface area (Å²) in [6, 6.07) is 10.7. The summed E-state index contributed by atoms with van der Waals surface area (Å²) in [4.78, 5) is 6.68. The Kier molecular flexibility index (Phi) is 3.08. The van der Waals surface area contributed by atoms with Gasteiger partial charge in [-0.3, -0.25) is 4.98 Å². The highest BCUT2D eigenvalue weighted by Gasteiger charge is 2.18. The maximum Gasteiger partial charge on any atom is 0.0443 e. The molecule has 0 fully saturated rings. The van der Waals surface area contributed by atoms with Crippen LogP contribution in [0.1, 0.15) is 16.8 Å². The smallest absolute Gasteiger partial charge is 0.0443 e. The van der Waals surface area contributed by atoms with Gasteiger partial charge >= 0.3 is 0 Å². The number of hydrogen-bond donors (Lipinski definition) is 0. The second-order valence-corrected chi connectivity index (χ2v) is 5.56. The Morgan fingerprint density at radius 2 is 2.17 bits per heavy atom. The van der Waals surface area contributed by atoms with Crippen molar-refractivity contribution in [2.75, 3.05) is 11.4 Å². The highest BCUT2D eigenvalue weighted by molar-refractivity contribution is 9.10. The molecule has 0 unspecified atom stereocenters. The van der Waals surface area contributed by atoms with Gasteiger partial charge in [0.05, 0.1) is 0 Å². The zero-order valence-electron chi connectivity index (χ0n) is 10.4. The predicted molar refractivity (Wildman–Crippen MR) is 77.9 cm³/mol. The number of halogens is 1. The molecular weight excluding hydrogens is 288 g/mol. The number of pyridine rings is 1. The molecule has 2 aromatic rings. The summed E-state index contributed by atoms with van der Waals surface area (Å²) in [5, 5.41) is 0. The lowest BCUT2D eigenvalue weighted by atomic mass is 9.99. The second kappa shape index (κ2) is 4.73. The van der Waals surface area contributed by atoms with Crippen molar-refractivity contribution >= 4 is 21.6 Å². The van der Waals surface area contributed by atoms with E-state index in [1.54, 1.807) is 0 Å². The molecule has 3 heteroatoms. The van der Waals surface area contributed by atoms with E-state index in [1.807, 2.05) is 13.1 Å². The van der Waals surface area contributed by atoms with Gasteiger partial charge in [-0.05, 0) is 42.7 Å². The fourth-order valence-corrected chi connectivity index (χ4v) is 3.02. The minimum Gasteiger partial charge on any atom is -0.367 e. The highest BCUT2D eigenvalue weighted by atomic mass is 79.9. The molecule has 0 aliphatic carbocycles. The molecule has 2 nitrogen and oxygen atoms in total. The lowest BCUT2D eigenvalue weighted by Crippen LogP contribution is -2.30. The van der Waals surface area contributed by atoms with Gasteiger partial charge in [0.2, 0.25) is 0 Å². The van der Waals surface area contributed by atoms with Crippen molar-refractivity contribution in [1.29, 1.82) is 0 Å². The Morgan fingerprint density at radius 3 is 3.00 bits per heavy atom. The first-order chi connectivity index (χ1) is 8.74. The largest absolute Gasteiger partial charge is 0.367 e. The molecule has 1 aliphatic rings. The van der Waals surface area contributed by atoms with Gasteiger partial charge in [-0.1, -0.05) is 28.1 Å². The normalized spacial score (nSPS) is 14.4. The van der Waals surface area contributed by atoms with E-state index in [2.05, 4.69) is 56.1 Å². The Labute approximate surface area is 116 Å². The van der Waals surface area contributed by atoms with E-state index in [4.69, 9.17) is 0 Å². The topological polar surface area (TPSA) is 16.1 Å². The Balaban J connectivity index is 1.93. The molecule has 0 bridgehead atoms. The van der Waals surface area contributed by atoms with Crippen LogP contribution in [0, 0.1) is 6.92 Å². The van der Waals surface area contributed by atoms with Gasteiger partial charge < -0.3 is 4.90 Å². The summed E-state index contributed by atoms with van der Waals surface area (Å²) in [5.74, 6) is 0. The van der Waals surface area contributed by atoms with Gasteiger partial charge in [-0.2, -0.15) is 0 Å². The van der Waals surface area contributed by atoms with Gasteiger partial charge in [0, 0.05) is 35.1 Å². The predicted octanol–water partition coefficient (Wildman–Crippen LogP) is 3.72. The number of aromatic nitrogens is 1. The van der Waals surface area contributed by atoms with E-state index in [0.29, 0.717) is 0 Å². The summed E-state index contributed by atoms with van der Waals surface area (Å²) >= 11 is 3.66. The van der Waals surface area contributed by atoms with Crippen LogP contribution in [-0.4, -0.2) is 11.5 Å². The molecular formula is C15H15BrN2. The zero-order valence-corrected chi connectivity index (χ0v) is 11.9. The average molecular weight is 303 g/mol. The minimum atomic E-state index is 0.972. The monoisotopic (exact) mass is 302 g/mol. The molecule has 0 radical (unpaired) electrons. The summed E-state index contributed by atoms with van der Waals surface area (Å²) in [5.41, 5.74) is 5.22. The van der Waals surface area contributed by atoms with E-state index in [0.717, 1.165) is 25.2 Å². The van der Waals surface area contributed by atoms with Gasteiger partial charge in [0.1, 0.15) is 0 Å². The lowest BCUT2D eigenvalue weighted by Gasteiger charge is -2.31. The fraction of sp³-hybridized carbons (Fsp3) is 0.267. The molecule has 0 amide bonds. The van der Waals surface area contributed by atoms with Crippen molar-refractivity contribution < 1.29 is 0 Å². The van der Waals surface area contributed by atoms with Crippen LogP contribution in [-0.2, 0) is 13.0 Å². The number of fused-ring (bicyclic) bond motifs is 1. The first-order valence-electron chi connectivity index (χ1n) is 6.18. The molecule has 18 heavy (non-hydrogen) atoms. The van der Waals surface area contributed by atoms with Crippen molar-refractivity contribution in [3.05, 3.63) is 57.8 Å². The molecule has 92 valence electrons. The SMILES string of the molecule is Cc1cc(N2CCc3cccc(Br)c3C2)ccn1. The Hall–Kier alpha value is -1.35. The van der Waals surface area contributed by atoms with E-state index in [1.165, 1.54) is 21.3 Å². The molecule has 2 heterocycles. The number of nitrogens with zero attached hydrogens (tertiary/aromatic N) is 2. The van der Waals surface area contributed by atoms with Gasteiger partial charge in [0.15, 0.2) is 0 Å². The van der Waals surface area contributed by atoms with E-state index >= 15 is 0 Å². The maximum atomic E-state index is 4.26. The number of aryl methyl sites for hydroxylation is 1. The highest BCUT2D eigenvalue weighted by Crippen LogP contribution is 2.29. The first-order valence-corrected chi connectivity index (χ1v) is 6.97. The Morgan fingerprint density at radius 1 is 1.28 bits per heavy atom. The van der Waals surface area contributed by atoms with Crippen LogP contribution in [0.15, 0.2) is 41.0 Å². The third-order valence-corrected chi connectivity index (χ3v) is 4.20. The molecule has 1 aliphatic heterocycles. The van der Waals surface area contributed by atoms with Crippen LogP contribution < -0.4 is 4.90 Å². The number of benzene rings is 1. The summed E-state index contributed by atoms with van der Waals surface area (Å²) in [7, 11) is 0. The standard InChI is InChI=1S/C15H15BrN2/c1-11-9-13(5-7-17-11)18-8-6-12-3-2-4-15(16)14(12)10-18/h2-5,7,9H,6,8,10H2,1H3. The van der Waals surface area contributed by atoms with Crippen molar-refractivity contribution in [2.45, 2.75) is 19.9 Å². The molecule has 1 aromatic heterocycles. The van der Waals surface area contributed by atoms with Crippen LogP contribution in [0.25, 0.3) is 0 Å². The van der Waals surface area contributed by atoms with Crippen LogP contribution in [0.5, 0.6) is 0 Å². The van der Waals surface area contributed by atoms with Gasteiger partial charge in [0.25, 0.3) is 0 Å². The van der Waals surface area contributed by atoms with Crippen LogP contribution in [0.3, 0.4) is 0 Å². The molecule has 0 saturated heterocycles. The van der Waals surface area contributed by atoms with Crippen molar-refractivity contribution in [3.63, 3.8) is 0 Å². The molecule has 0 spiro atoms. The van der Waals surface area contributed by atoms with Gasteiger partial charge in [-0.15, -0.1) is 0 Å². The Bertz CT molecular complexity index is 580. The fourth-order valence-electron chi connectivity index (χ4n) is 2.49. The molecule has 0 atom stereocenters. The molecule has 0 saturated carbocycles. The van der Waals surface area contributed by atoms with Crippen molar-refractivity contribution in [2.24, 2.45) is 0 Å². The molecule has 3 rings (SSSR count). The third-order valence-electron chi connectivity index (χ3n) is 3.46. The van der Waals surface area contributed by atoms with E-state index in [9.17, 15) is 0 Å². The van der Waals surface area contributed by atoms with E-state index in [-0.39, 0.29) is 0 Å². The van der Waals surface area contributed by atoms with Crippen molar-refractivity contribution in [1.82, 2.24) is 4.98 Å². The summed E-state index contributed by atoms with van der Waals surface area (Å²) in [6.45, 7) is 4.09. The summed E-state index contributed by atoms with van der Waals surface area (Å²) in [6.07, 6.45) is 3.00. The molecule has 1 aromatic carbocycles. The second-order valence-electron chi connectivity index (χ2n) is 4.70. The molecule has 0 N–H and O–H groups in total. The third kappa shape index (κ3) is 2.15. The average Bonchev–Trinajstić information content (AvgIpc) is 2.39. The van der Waals surface area contributed by atoms with Crippen LogP contribution >= 0.6 is 15.9 Å². The van der Waals surface area contributed by atoms with E-state index < -0.39 is 0 Å². The zero-order chi connectivity index (χ0) is 12.5. The summed E-state index contributed by atoms with van der Waals surface area (Å²) < 4.78 is 1.22. The maximum absolute atomic E-state index is 4.26. The minimum absolute atomic E-state index is 0.972. The van der Waals surface area contributed by atoms with Crippen LogP contribution in [0.4, 0.5) is 5.69 Å². The number of hydrogen-bond acceptors (Lipinski definition) is 2. The first kappa shape index (κ1) is 11.7. The van der Waals surface area contributed by atoms with Crippen molar-refractivity contribution in [3.8, 4) is 0 Å². The quantitative estimate of drug-likeness (QED) is 0.798.